The monoisotopic (exact) mass is 470 g/mol. The highest BCUT2D eigenvalue weighted by molar-refractivity contribution is 6.31. The molecule has 0 bridgehead atoms. The van der Waals surface area contributed by atoms with Gasteiger partial charge in [-0.2, -0.15) is 10.4 Å². The molecule has 10 heteroatoms. The zero-order chi connectivity index (χ0) is 23.7. The second-order valence-corrected chi connectivity index (χ2v) is 8.19. The smallest absolute Gasteiger partial charge is 0.233 e. The molecule has 1 aliphatic heterocycles. The van der Waals surface area contributed by atoms with Gasteiger partial charge in [-0.05, 0) is 42.3 Å². The fraction of sp³-hybridized carbons (Fsp3) is 0.167. The van der Waals surface area contributed by atoms with E-state index in [0.717, 1.165) is 16.9 Å². The van der Waals surface area contributed by atoms with Crippen LogP contribution in [0.4, 0.5) is 17.5 Å². The Kier molecular flexibility index (Phi) is 5.65. The van der Waals surface area contributed by atoms with E-state index in [4.69, 9.17) is 11.6 Å². The first kappa shape index (κ1) is 21.6. The standard InChI is InChI=1S/C24H19ClN8O/c1-32-21(5-9-29-32)31-24-28-8-4-19(30-24)16-11-15-6-10-33(23(15)17(12-16)14-26)22(34)13-20-18(25)3-2-7-27-20/h2-5,7-9,11-12H,6,10,13H2,1H3,(H,28,30,31). The summed E-state index contributed by atoms with van der Waals surface area (Å²) in [6, 6.07) is 13.0. The molecule has 0 fully saturated rings. The summed E-state index contributed by atoms with van der Waals surface area (Å²) >= 11 is 6.18. The van der Waals surface area contributed by atoms with Crippen LogP contribution in [-0.2, 0) is 24.7 Å². The second kappa shape index (κ2) is 8.92. The van der Waals surface area contributed by atoms with Crippen LogP contribution in [0.25, 0.3) is 11.3 Å². The minimum atomic E-state index is -0.145. The van der Waals surface area contributed by atoms with Gasteiger partial charge in [0.1, 0.15) is 11.9 Å². The van der Waals surface area contributed by atoms with Gasteiger partial charge in [0.25, 0.3) is 0 Å². The average Bonchev–Trinajstić information content (AvgIpc) is 3.46. The summed E-state index contributed by atoms with van der Waals surface area (Å²) in [4.78, 5) is 27.8. The van der Waals surface area contributed by atoms with Crippen LogP contribution in [-0.4, -0.2) is 37.2 Å². The van der Waals surface area contributed by atoms with Crippen molar-refractivity contribution in [1.29, 1.82) is 5.26 Å². The van der Waals surface area contributed by atoms with Gasteiger partial charge in [-0.3, -0.25) is 14.5 Å². The van der Waals surface area contributed by atoms with Crippen LogP contribution >= 0.6 is 11.6 Å². The minimum absolute atomic E-state index is 0.0701. The number of carbonyl (C=O) groups excluding carboxylic acids is 1. The van der Waals surface area contributed by atoms with Crippen LogP contribution in [0.5, 0.6) is 0 Å². The lowest BCUT2D eigenvalue weighted by Crippen LogP contribution is -2.31. The van der Waals surface area contributed by atoms with Crippen molar-refractivity contribution in [2.24, 2.45) is 7.05 Å². The highest BCUT2D eigenvalue weighted by Crippen LogP contribution is 2.36. The summed E-state index contributed by atoms with van der Waals surface area (Å²) in [5.74, 6) is 1.03. The first-order chi connectivity index (χ1) is 16.5. The van der Waals surface area contributed by atoms with Crippen molar-refractivity contribution in [1.82, 2.24) is 24.7 Å². The number of nitrogens with zero attached hydrogens (tertiary/aromatic N) is 7. The number of rotatable bonds is 5. The van der Waals surface area contributed by atoms with Crippen LogP contribution in [0.15, 0.2) is 55.0 Å². The summed E-state index contributed by atoms with van der Waals surface area (Å²) in [5.41, 5.74) is 3.97. The van der Waals surface area contributed by atoms with Crippen molar-refractivity contribution in [3.05, 3.63) is 76.8 Å². The molecule has 0 unspecified atom stereocenters. The van der Waals surface area contributed by atoms with Crippen molar-refractivity contribution >= 4 is 35.0 Å². The van der Waals surface area contributed by atoms with Gasteiger partial charge in [-0.1, -0.05) is 11.6 Å². The summed E-state index contributed by atoms with van der Waals surface area (Å²) in [6.07, 6.45) is 5.66. The van der Waals surface area contributed by atoms with Crippen molar-refractivity contribution in [3.8, 4) is 17.3 Å². The number of carbonyl (C=O) groups is 1. The Morgan fingerprint density at radius 1 is 1.21 bits per heavy atom. The Morgan fingerprint density at radius 2 is 2.09 bits per heavy atom. The molecular weight excluding hydrogens is 452 g/mol. The van der Waals surface area contributed by atoms with Gasteiger partial charge in [-0.25, -0.2) is 9.97 Å². The van der Waals surface area contributed by atoms with E-state index in [9.17, 15) is 10.1 Å². The molecule has 168 valence electrons. The SMILES string of the molecule is Cn1nccc1Nc1nccc(-c2cc(C#N)c3c(c2)CCN3C(=O)Cc2ncccc2Cl)n1. The predicted molar refractivity (Wildman–Crippen MR) is 128 cm³/mol. The Bertz CT molecular complexity index is 1440. The maximum atomic E-state index is 13.1. The first-order valence-electron chi connectivity index (χ1n) is 10.6. The van der Waals surface area contributed by atoms with E-state index in [1.165, 1.54) is 0 Å². The number of aryl methyl sites for hydroxylation is 1. The molecule has 4 aromatic rings. The molecule has 34 heavy (non-hydrogen) atoms. The largest absolute Gasteiger partial charge is 0.310 e. The third kappa shape index (κ3) is 4.07. The molecule has 3 aromatic heterocycles. The molecule has 0 saturated carbocycles. The average molecular weight is 471 g/mol. The number of benzene rings is 1. The maximum absolute atomic E-state index is 13.1. The molecule has 0 saturated heterocycles. The summed E-state index contributed by atoms with van der Waals surface area (Å²) in [6.45, 7) is 0.494. The Labute approximate surface area is 200 Å². The number of amides is 1. The van der Waals surface area contributed by atoms with Gasteiger partial charge in [0.05, 0.1) is 40.3 Å². The zero-order valence-corrected chi connectivity index (χ0v) is 19.0. The number of nitrogens with one attached hydrogen (secondary N) is 1. The van der Waals surface area contributed by atoms with E-state index < -0.39 is 0 Å². The van der Waals surface area contributed by atoms with Gasteiger partial charge >= 0.3 is 0 Å². The fourth-order valence-corrected chi connectivity index (χ4v) is 4.20. The predicted octanol–water partition coefficient (Wildman–Crippen LogP) is 3.67. The van der Waals surface area contributed by atoms with Gasteiger partial charge in [-0.15, -0.1) is 0 Å². The van der Waals surface area contributed by atoms with Crippen LogP contribution in [0, 0.1) is 11.3 Å². The van der Waals surface area contributed by atoms with Crippen LogP contribution in [0.3, 0.4) is 0 Å². The van der Waals surface area contributed by atoms with E-state index in [2.05, 4.69) is 31.4 Å². The summed E-state index contributed by atoms with van der Waals surface area (Å²) in [7, 11) is 1.82. The van der Waals surface area contributed by atoms with E-state index >= 15 is 0 Å². The number of anilines is 3. The van der Waals surface area contributed by atoms with Crippen molar-refractivity contribution < 1.29 is 4.79 Å². The lowest BCUT2D eigenvalue weighted by atomic mass is 10.0. The molecule has 9 nitrogen and oxygen atoms in total. The molecule has 1 N–H and O–H groups in total. The second-order valence-electron chi connectivity index (χ2n) is 7.78. The molecule has 0 aliphatic carbocycles. The maximum Gasteiger partial charge on any atom is 0.233 e. The molecule has 1 aromatic carbocycles. The molecule has 0 radical (unpaired) electrons. The Morgan fingerprint density at radius 3 is 2.85 bits per heavy atom. The lowest BCUT2D eigenvalue weighted by Gasteiger charge is -2.19. The molecule has 0 spiro atoms. The normalized spacial score (nSPS) is 12.3. The van der Waals surface area contributed by atoms with Gasteiger partial charge in [0.15, 0.2) is 0 Å². The number of hydrogen-bond acceptors (Lipinski definition) is 7. The highest BCUT2D eigenvalue weighted by Gasteiger charge is 2.29. The first-order valence-corrected chi connectivity index (χ1v) is 11.0. The quantitative estimate of drug-likeness (QED) is 0.473. The van der Waals surface area contributed by atoms with E-state index in [1.807, 2.05) is 19.2 Å². The number of pyridine rings is 1. The molecule has 5 rings (SSSR count). The molecule has 0 atom stereocenters. The molecule has 4 heterocycles. The van der Waals surface area contributed by atoms with Crippen molar-refractivity contribution in [2.45, 2.75) is 12.8 Å². The number of nitriles is 1. The molecular formula is C24H19ClN8O. The lowest BCUT2D eigenvalue weighted by molar-refractivity contribution is -0.117. The third-order valence-electron chi connectivity index (χ3n) is 5.65. The fourth-order valence-electron chi connectivity index (χ4n) is 4.01. The third-order valence-corrected chi connectivity index (χ3v) is 5.99. The van der Waals surface area contributed by atoms with E-state index in [-0.39, 0.29) is 12.3 Å². The van der Waals surface area contributed by atoms with Gasteiger partial charge < -0.3 is 10.2 Å². The highest BCUT2D eigenvalue weighted by atomic mass is 35.5. The van der Waals surface area contributed by atoms with Crippen molar-refractivity contribution in [3.63, 3.8) is 0 Å². The van der Waals surface area contributed by atoms with Gasteiger partial charge in [0.2, 0.25) is 11.9 Å². The Balaban J connectivity index is 1.44. The minimum Gasteiger partial charge on any atom is -0.310 e. The summed E-state index contributed by atoms with van der Waals surface area (Å²) < 4.78 is 1.68. The van der Waals surface area contributed by atoms with Crippen LogP contribution in [0.2, 0.25) is 5.02 Å². The number of halogens is 1. The summed E-state index contributed by atoms with van der Waals surface area (Å²) in [5, 5.41) is 17.6. The van der Waals surface area contributed by atoms with Crippen molar-refractivity contribution in [2.75, 3.05) is 16.8 Å². The Hall–Kier alpha value is -4.29. The molecule has 1 aliphatic rings. The number of fused-ring (bicyclic) bond motifs is 1. The van der Waals surface area contributed by atoms with E-state index in [0.29, 0.717) is 46.6 Å². The molecule has 1 amide bonds. The van der Waals surface area contributed by atoms with Crippen LogP contribution in [0.1, 0.15) is 16.8 Å². The topological polar surface area (TPSA) is 113 Å². The number of hydrogen-bond donors (Lipinski definition) is 1. The number of aromatic nitrogens is 5. The van der Waals surface area contributed by atoms with Crippen LogP contribution < -0.4 is 10.2 Å². The van der Waals surface area contributed by atoms with Gasteiger partial charge in [0, 0.05) is 37.6 Å². The zero-order valence-electron chi connectivity index (χ0n) is 18.2. The van der Waals surface area contributed by atoms with E-state index in [1.54, 1.807) is 52.4 Å².